The molecule has 0 saturated heterocycles. The minimum atomic E-state index is -0.498. The Bertz CT molecular complexity index is 585. The lowest BCUT2D eigenvalue weighted by molar-refractivity contribution is -0.385. The monoisotopic (exact) mass is 279 g/mol. The second-order valence-electron chi connectivity index (χ2n) is 3.88. The Morgan fingerprint density at radius 1 is 1.53 bits per heavy atom. The minimum Gasteiger partial charge on any atom is -0.368 e. The van der Waals surface area contributed by atoms with E-state index in [1.54, 1.807) is 18.3 Å². The van der Waals surface area contributed by atoms with Crippen LogP contribution in [0.25, 0.3) is 0 Å². The van der Waals surface area contributed by atoms with Gasteiger partial charge in [-0.2, -0.15) is 4.98 Å². The number of hydrogen-bond acceptors (Lipinski definition) is 7. The molecule has 0 unspecified atom stereocenters. The summed E-state index contributed by atoms with van der Waals surface area (Å²) < 4.78 is 0. The summed E-state index contributed by atoms with van der Waals surface area (Å²) >= 11 is 1.64. The van der Waals surface area contributed by atoms with E-state index in [2.05, 4.69) is 15.3 Å². The van der Waals surface area contributed by atoms with Crippen LogP contribution in [0.15, 0.2) is 17.5 Å². The van der Waals surface area contributed by atoms with Gasteiger partial charge in [-0.1, -0.05) is 6.07 Å². The molecule has 0 spiro atoms. The Kier molecular flexibility index (Phi) is 3.91. The molecule has 0 aliphatic heterocycles. The van der Waals surface area contributed by atoms with Crippen LogP contribution in [-0.4, -0.2) is 21.4 Å². The van der Waals surface area contributed by atoms with E-state index in [0.717, 1.165) is 6.42 Å². The lowest BCUT2D eigenvalue weighted by Gasteiger charge is -2.07. The number of hydrogen-bond donors (Lipinski definition) is 2. The first-order valence-electron chi connectivity index (χ1n) is 5.62. The predicted octanol–water partition coefficient (Wildman–Crippen LogP) is 1.99. The summed E-state index contributed by atoms with van der Waals surface area (Å²) in [7, 11) is 0. The van der Waals surface area contributed by atoms with Gasteiger partial charge in [0.05, 0.1) is 4.92 Å². The van der Waals surface area contributed by atoms with Gasteiger partial charge in [0, 0.05) is 11.4 Å². The van der Waals surface area contributed by atoms with E-state index < -0.39 is 4.92 Å². The standard InChI is InChI=1S/C11H13N5O2S/c1-7-9(16(17)18)10(15-11(12)14-7)13-5-4-8-3-2-6-19-8/h2-3,6H,4-5H2,1H3,(H3,12,13,14,15). The number of aryl methyl sites for hydroxylation is 1. The highest BCUT2D eigenvalue weighted by Gasteiger charge is 2.20. The van der Waals surface area contributed by atoms with Crippen molar-refractivity contribution in [2.45, 2.75) is 13.3 Å². The van der Waals surface area contributed by atoms with Gasteiger partial charge in [0.2, 0.25) is 11.8 Å². The molecule has 2 aromatic heterocycles. The van der Waals surface area contributed by atoms with Crippen molar-refractivity contribution < 1.29 is 4.92 Å². The summed E-state index contributed by atoms with van der Waals surface area (Å²) in [5, 5.41) is 15.9. The van der Waals surface area contributed by atoms with Crippen LogP contribution in [0.4, 0.5) is 17.5 Å². The van der Waals surface area contributed by atoms with Crippen molar-refractivity contribution >= 4 is 28.8 Å². The number of anilines is 2. The zero-order valence-corrected chi connectivity index (χ0v) is 11.1. The van der Waals surface area contributed by atoms with E-state index in [1.807, 2.05) is 17.5 Å². The molecule has 0 atom stereocenters. The number of nitro groups is 1. The maximum atomic E-state index is 11.0. The van der Waals surface area contributed by atoms with Crippen molar-refractivity contribution in [3.05, 3.63) is 38.2 Å². The van der Waals surface area contributed by atoms with Crippen LogP contribution in [0, 0.1) is 17.0 Å². The molecule has 2 heterocycles. The fourth-order valence-electron chi connectivity index (χ4n) is 1.69. The van der Waals surface area contributed by atoms with Gasteiger partial charge in [0.15, 0.2) is 0 Å². The van der Waals surface area contributed by atoms with Gasteiger partial charge < -0.3 is 11.1 Å². The Balaban J connectivity index is 2.12. The molecule has 0 aliphatic rings. The van der Waals surface area contributed by atoms with Gasteiger partial charge in [-0.05, 0) is 24.8 Å². The first-order valence-corrected chi connectivity index (χ1v) is 6.50. The summed E-state index contributed by atoms with van der Waals surface area (Å²) in [6, 6.07) is 3.98. The van der Waals surface area contributed by atoms with Gasteiger partial charge in [0.25, 0.3) is 0 Å². The maximum absolute atomic E-state index is 11.0. The van der Waals surface area contributed by atoms with E-state index in [9.17, 15) is 10.1 Å². The average Bonchev–Trinajstić information content (AvgIpc) is 2.80. The Hall–Kier alpha value is -2.22. The van der Waals surface area contributed by atoms with Crippen LogP contribution in [0.1, 0.15) is 10.6 Å². The molecule has 3 N–H and O–H groups in total. The third-order valence-electron chi connectivity index (χ3n) is 2.50. The van der Waals surface area contributed by atoms with E-state index in [0.29, 0.717) is 6.54 Å². The van der Waals surface area contributed by atoms with Crippen molar-refractivity contribution in [1.29, 1.82) is 0 Å². The molecule has 8 heteroatoms. The third-order valence-corrected chi connectivity index (χ3v) is 3.44. The van der Waals surface area contributed by atoms with E-state index in [1.165, 1.54) is 4.88 Å². The first kappa shape index (κ1) is 13.2. The zero-order chi connectivity index (χ0) is 13.8. The van der Waals surface area contributed by atoms with Crippen molar-refractivity contribution in [2.75, 3.05) is 17.6 Å². The number of nitrogen functional groups attached to an aromatic ring is 1. The second-order valence-corrected chi connectivity index (χ2v) is 4.91. The number of nitrogens with one attached hydrogen (secondary N) is 1. The van der Waals surface area contributed by atoms with Crippen molar-refractivity contribution in [1.82, 2.24) is 9.97 Å². The van der Waals surface area contributed by atoms with Crippen LogP contribution in [0.3, 0.4) is 0 Å². The normalized spacial score (nSPS) is 10.4. The highest BCUT2D eigenvalue weighted by Crippen LogP contribution is 2.25. The van der Waals surface area contributed by atoms with E-state index in [-0.39, 0.29) is 23.1 Å². The smallest absolute Gasteiger partial charge is 0.332 e. The zero-order valence-electron chi connectivity index (χ0n) is 10.3. The van der Waals surface area contributed by atoms with Gasteiger partial charge in [-0.3, -0.25) is 10.1 Å². The summed E-state index contributed by atoms with van der Waals surface area (Å²) in [4.78, 5) is 19.4. The highest BCUT2D eigenvalue weighted by atomic mass is 32.1. The van der Waals surface area contributed by atoms with Crippen LogP contribution in [0.5, 0.6) is 0 Å². The van der Waals surface area contributed by atoms with Gasteiger partial charge in [-0.15, -0.1) is 11.3 Å². The molecule has 0 saturated carbocycles. The Labute approximate surface area is 113 Å². The quantitative estimate of drug-likeness (QED) is 0.640. The molecule has 2 aromatic rings. The van der Waals surface area contributed by atoms with E-state index in [4.69, 9.17) is 5.73 Å². The molecule has 0 aliphatic carbocycles. The summed E-state index contributed by atoms with van der Waals surface area (Å²) in [6.45, 7) is 2.10. The number of nitrogens with zero attached hydrogens (tertiary/aromatic N) is 3. The molecular formula is C11H13N5O2S. The molecule has 7 nitrogen and oxygen atoms in total. The number of nitrogens with two attached hydrogens (primary N) is 1. The highest BCUT2D eigenvalue weighted by molar-refractivity contribution is 7.09. The fraction of sp³-hybridized carbons (Fsp3) is 0.273. The molecule has 0 fully saturated rings. The number of aromatic nitrogens is 2. The van der Waals surface area contributed by atoms with Crippen LogP contribution < -0.4 is 11.1 Å². The van der Waals surface area contributed by atoms with Gasteiger partial charge in [0.1, 0.15) is 5.69 Å². The number of rotatable bonds is 5. The summed E-state index contributed by atoms with van der Waals surface area (Å²) in [5.74, 6) is 0.202. The molecule has 100 valence electrons. The van der Waals surface area contributed by atoms with Crippen molar-refractivity contribution in [3.8, 4) is 0 Å². The lowest BCUT2D eigenvalue weighted by Crippen LogP contribution is -2.11. The molecule has 0 radical (unpaired) electrons. The largest absolute Gasteiger partial charge is 0.368 e. The molecule has 0 bridgehead atoms. The van der Waals surface area contributed by atoms with Crippen LogP contribution in [-0.2, 0) is 6.42 Å². The number of thiophene rings is 1. The van der Waals surface area contributed by atoms with Gasteiger partial charge >= 0.3 is 5.69 Å². The lowest BCUT2D eigenvalue weighted by atomic mass is 10.3. The molecular weight excluding hydrogens is 266 g/mol. The SMILES string of the molecule is Cc1nc(N)nc(NCCc2cccs2)c1[N+](=O)[O-]. The van der Waals surface area contributed by atoms with Crippen molar-refractivity contribution in [3.63, 3.8) is 0 Å². The minimum absolute atomic E-state index is 0.0294. The fourth-order valence-corrected chi connectivity index (χ4v) is 2.40. The molecule has 2 rings (SSSR count). The summed E-state index contributed by atoms with van der Waals surface area (Å²) in [6.07, 6.45) is 0.776. The predicted molar refractivity (Wildman–Crippen MR) is 74.3 cm³/mol. The molecule has 0 aromatic carbocycles. The second kappa shape index (κ2) is 5.61. The van der Waals surface area contributed by atoms with Crippen LogP contribution >= 0.6 is 11.3 Å². The molecule has 0 amide bonds. The maximum Gasteiger partial charge on any atom is 0.332 e. The topological polar surface area (TPSA) is 107 Å². The Morgan fingerprint density at radius 2 is 2.32 bits per heavy atom. The van der Waals surface area contributed by atoms with Crippen LogP contribution in [0.2, 0.25) is 0 Å². The molecule has 19 heavy (non-hydrogen) atoms. The van der Waals surface area contributed by atoms with E-state index >= 15 is 0 Å². The Morgan fingerprint density at radius 3 is 2.95 bits per heavy atom. The third kappa shape index (κ3) is 3.16. The van der Waals surface area contributed by atoms with Gasteiger partial charge in [-0.25, -0.2) is 4.98 Å². The average molecular weight is 279 g/mol. The summed E-state index contributed by atoms with van der Waals surface area (Å²) in [5.41, 5.74) is 5.65. The van der Waals surface area contributed by atoms with Crippen molar-refractivity contribution in [2.24, 2.45) is 0 Å². The first-order chi connectivity index (χ1) is 9.08.